The first-order valence-corrected chi connectivity index (χ1v) is 10.9. The fraction of sp³-hybridized carbons (Fsp3) is 0.360. The Labute approximate surface area is 187 Å². The first-order valence-electron chi connectivity index (χ1n) is 10.9. The average Bonchev–Trinajstić information content (AvgIpc) is 3.34. The highest BCUT2D eigenvalue weighted by molar-refractivity contribution is 6.46. The molecule has 0 spiro atoms. The van der Waals surface area contributed by atoms with Crippen molar-refractivity contribution in [3.05, 3.63) is 59.2 Å². The molecule has 32 heavy (non-hydrogen) atoms. The van der Waals surface area contributed by atoms with Gasteiger partial charge in [0.05, 0.1) is 17.7 Å². The summed E-state index contributed by atoms with van der Waals surface area (Å²) in [5.74, 6) is 0.0507. The van der Waals surface area contributed by atoms with Gasteiger partial charge >= 0.3 is 0 Å². The largest absolute Gasteiger partial charge is 0.507 e. The van der Waals surface area contributed by atoms with Crippen LogP contribution in [0.1, 0.15) is 50.8 Å². The lowest BCUT2D eigenvalue weighted by molar-refractivity contribution is -0.139. The van der Waals surface area contributed by atoms with Gasteiger partial charge in [-0.2, -0.15) is 0 Å². The van der Waals surface area contributed by atoms with Crippen LogP contribution in [0.15, 0.2) is 48.0 Å². The summed E-state index contributed by atoms with van der Waals surface area (Å²) >= 11 is 0. The Kier molecular flexibility index (Phi) is 6.08. The third-order valence-electron chi connectivity index (χ3n) is 5.51. The quantitative estimate of drug-likeness (QED) is 0.392. The SMILES string of the molecule is CCCCN1C(=O)C(=O)/C(=C(/O)c2ccc3c(c2)OCO3)C1c1ccccc1OC(C)C. The Morgan fingerprint density at radius 1 is 1.16 bits per heavy atom. The maximum atomic E-state index is 13.1. The van der Waals surface area contributed by atoms with Gasteiger partial charge in [-0.05, 0) is 44.5 Å². The van der Waals surface area contributed by atoms with Crippen molar-refractivity contribution in [2.45, 2.75) is 45.8 Å². The van der Waals surface area contributed by atoms with E-state index in [0.717, 1.165) is 12.8 Å². The number of carbonyl (C=O) groups excluding carboxylic acids is 2. The molecule has 0 radical (unpaired) electrons. The van der Waals surface area contributed by atoms with E-state index >= 15 is 0 Å². The molecule has 2 aromatic rings. The average molecular weight is 437 g/mol. The van der Waals surface area contributed by atoms with Crippen molar-refractivity contribution in [2.24, 2.45) is 0 Å². The molecule has 1 saturated heterocycles. The lowest BCUT2D eigenvalue weighted by atomic mass is 9.94. The van der Waals surface area contributed by atoms with Crippen LogP contribution >= 0.6 is 0 Å². The minimum absolute atomic E-state index is 0.0461. The molecule has 2 aromatic carbocycles. The second-order valence-corrected chi connectivity index (χ2v) is 8.12. The number of aliphatic hydroxyl groups excluding tert-OH is 1. The van der Waals surface area contributed by atoms with Gasteiger partial charge in [0.2, 0.25) is 6.79 Å². The molecule has 1 amide bonds. The van der Waals surface area contributed by atoms with Gasteiger partial charge in [-0.1, -0.05) is 31.5 Å². The summed E-state index contributed by atoms with van der Waals surface area (Å²) in [6.07, 6.45) is 1.51. The van der Waals surface area contributed by atoms with Crippen LogP contribution in [-0.4, -0.2) is 41.1 Å². The van der Waals surface area contributed by atoms with E-state index in [0.29, 0.717) is 34.9 Å². The highest BCUT2D eigenvalue weighted by atomic mass is 16.7. The molecular formula is C25H27NO6. The molecule has 2 aliphatic rings. The number of Topliss-reactive ketones (excluding diaryl/α,β-unsaturated/α-hetero) is 1. The fourth-order valence-electron chi connectivity index (χ4n) is 4.03. The second kappa shape index (κ2) is 8.94. The van der Waals surface area contributed by atoms with Crippen LogP contribution in [0, 0.1) is 0 Å². The molecule has 4 rings (SSSR count). The van der Waals surface area contributed by atoms with Crippen molar-refractivity contribution >= 4 is 17.4 Å². The fourth-order valence-corrected chi connectivity index (χ4v) is 4.03. The molecule has 0 aliphatic carbocycles. The molecule has 0 saturated carbocycles. The van der Waals surface area contributed by atoms with Gasteiger partial charge in [0, 0.05) is 17.7 Å². The van der Waals surface area contributed by atoms with Gasteiger partial charge in [0.15, 0.2) is 11.5 Å². The first-order chi connectivity index (χ1) is 15.4. The molecule has 7 heteroatoms. The van der Waals surface area contributed by atoms with E-state index in [1.165, 1.54) is 4.90 Å². The number of unbranched alkanes of at least 4 members (excludes halogenated alkanes) is 1. The van der Waals surface area contributed by atoms with E-state index in [4.69, 9.17) is 14.2 Å². The lowest BCUT2D eigenvalue weighted by Crippen LogP contribution is -2.31. The van der Waals surface area contributed by atoms with Crippen molar-refractivity contribution in [1.82, 2.24) is 4.90 Å². The number of fused-ring (bicyclic) bond motifs is 1. The zero-order valence-electron chi connectivity index (χ0n) is 18.5. The van der Waals surface area contributed by atoms with E-state index < -0.39 is 17.7 Å². The number of rotatable bonds is 7. The van der Waals surface area contributed by atoms with E-state index in [9.17, 15) is 14.7 Å². The lowest BCUT2D eigenvalue weighted by Gasteiger charge is -2.27. The number of carbonyl (C=O) groups is 2. The summed E-state index contributed by atoms with van der Waals surface area (Å²) in [5, 5.41) is 11.2. The predicted molar refractivity (Wildman–Crippen MR) is 119 cm³/mol. The number of nitrogens with zero attached hydrogens (tertiary/aromatic N) is 1. The molecule has 0 aromatic heterocycles. The van der Waals surface area contributed by atoms with Crippen molar-refractivity contribution in [1.29, 1.82) is 0 Å². The van der Waals surface area contributed by atoms with Crippen LogP contribution in [0.25, 0.3) is 5.76 Å². The number of aliphatic hydroxyl groups is 1. The Bertz CT molecular complexity index is 1070. The zero-order chi connectivity index (χ0) is 22.8. The predicted octanol–water partition coefficient (Wildman–Crippen LogP) is 4.42. The Balaban J connectivity index is 1.87. The number of para-hydroxylation sites is 1. The number of benzene rings is 2. The number of ether oxygens (including phenoxy) is 3. The third-order valence-corrected chi connectivity index (χ3v) is 5.51. The van der Waals surface area contributed by atoms with Crippen molar-refractivity contribution in [3.8, 4) is 17.2 Å². The maximum absolute atomic E-state index is 13.1. The number of hydrogen-bond acceptors (Lipinski definition) is 6. The van der Waals surface area contributed by atoms with Crippen molar-refractivity contribution in [3.63, 3.8) is 0 Å². The van der Waals surface area contributed by atoms with E-state index in [1.807, 2.05) is 45.0 Å². The number of likely N-dealkylation sites (tertiary alicyclic amines) is 1. The highest BCUT2D eigenvalue weighted by Gasteiger charge is 2.46. The summed E-state index contributed by atoms with van der Waals surface area (Å²) in [6, 6.07) is 11.5. The third kappa shape index (κ3) is 3.90. The van der Waals surface area contributed by atoms with Crippen molar-refractivity contribution < 1.29 is 28.9 Å². The molecule has 7 nitrogen and oxygen atoms in total. The summed E-state index contributed by atoms with van der Waals surface area (Å²) in [7, 11) is 0. The molecule has 1 fully saturated rings. The topological polar surface area (TPSA) is 85.3 Å². The Morgan fingerprint density at radius 2 is 1.91 bits per heavy atom. The molecule has 0 bridgehead atoms. The number of ketones is 1. The Hall–Kier alpha value is -3.48. The molecule has 1 unspecified atom stereocenters. The van der Waals surface area contributed by atoms with Gasteiger partial charge in [0.25, 0.3) is 11.7 Å². The molecule has 2 aliphatic heterocycles. The van der Waals surface area contributed by atoms with Gasteiger partial charge < -0.3 is 24.2 Å². The molecule has 2 heterocycles. The van der Waals surface area contributed by atoms with Crippen LogP contribution < -0.4 is 14.2 Å². The van der Waals surface area contributed by atoms with Gasteiger partial charge in [-0.3, -0.25) is 9.59 Å². The minimum atomic E-state index is -0.748. The maximum Gasteiger partial charge on any atom is 0.295 e. The second-order valence-electron chi connectivity index (χ2n) is 8.12. The Morgan fingerprint density at radius 3 is 2.66 bits per heavy atom. The van der Waals surface area contributed by atoms with Gasteiger partial charge in [-0.25, -0.2) is 0 Å². The van der Waals surface area contributed by atoms with E-state index in [1.54, 1.807) is 18.2 Å². The van der Waals surface area contributed by atoms with Crippen LogP contribution in [0.2, 0.25) is 0 Å². The smallest absolute Gasteiger partial charge is 0.295 e. The molecular weight excluding hydrogens is 410 g/mol. The van der Waals surface area contributed by atoms with Crippen LogP contribution in [0.3, 0.4) is 0 Å². The van der Waals surface area contributed by atoms with E-state index in [-0.39, 0.29) is 24.2 Å². The standard InChI is InChI=1S/C25H27NO6/c1-4-5-12-26-22(17-8-6-7-9-18(17)32-15(2)3)21(24(28)25(26)29)23(27)16-10-11-19-20(13-16)31-14-30-19/h6-11,13,15,22,27H,4-5,12,14H2,1-3H3/b23-21+. The summed E-state index contributed by atoms with van der Waals surface area (Å²) < 4.78 is 16.7. The van der Waals surface area contributed by atoms with Crippen molar-refractivity contribution in [2.75, 3.05) is 13.3 Å². The van der Waals surface area contributed by atoms with Crippen LogP contribution in [-0.2, 0) is 9.59 Å². The number of amides is 1. The first kappa shape index (κ1) is 21.7. The number of hydrogen-bond donors (Lipinski definition) is 1. The molecule has 168 valence electrons. The summed E-state index contributed by atoms with van der Waals surface area (Å²) in [5.41, 5.74) is 1.10. The van der Waals surface area contributed by atoms with Crippen LogP contribution in [0.5, 0.6) is 17.2 Å². The minimum Gasteiger partial charge on any atom is -0.507 e. The normalized spacial score (nSPS) is 19.1. The summed E-state index contributed by atoms with van der Waals surface area (Å²) in [6.45, 7) is 6.35. The highest BCUT2D eigenvalue weighted by Crippen LogP contribution is 2.44. The van der Waals surface area contributed by atoms with E-state index in [2.05, 4.69) is 0 Å². The van der Waals surface area contributed by atoms with Gasteiger partial charge in [0.1, 0.15) is 11.5 Å². The van der Waals surface area contributed by atoms with Gasteiger partial charge in [-0.15, -0.1) is 0 Å². The van der Waals surface area contributed by atoms with Crippen LogP contribution in [0.4, 0.5) is 0 Å². The monoisotopic (exact) mass is 437 g/mol. The summed E-state index contributed by atoms with van der Waals surface area (Å²) in [4.78, 5) is 27.7. The zero-order valence-corrected chi connectivity index (χ0v) is 18.5. The molecule has 1 atom stereocenters. The molecule has 1 N–H and O–H groups in total.